The van der Waals surface area contributed by atoms with Gasteiger partial charge in [0.05, 0.1) is 5.56 Å². The molecule has 1 aliphatic rings. The summed E-state index contributed by atoms with van der Waals surface area (Å²) in [6.07, 6.45) is -2.51. The Balaban J connectivity index is 1.51. The number of aromatic nitrogens is 4. The van der Waals surface area contributed by atoms with E-state index in [4.69, 9.17) is 4.52 Å². The first-order valence-corrected chi connectivity index (χ1v) is 8.14. The third-order valence-corrected chi connectivity index (χ3v) is 4.22. The van der Waals surface area contributed by atoms with Gasteiger partial charge in [-0.25, -0.2) is 4.39 Å². The van der Waals surface area contributed by atoms with Gasteiger partial charge in [-0.15, -0.1) is 0 Å². The van der Waals surface area contributed by atoms with Crippen LogP contribution >= 0.6 is 0 Å². The molecule has 1 aromatic carbocycles. The van der Waals surface area contributed by atoms with Gasteiger partial charge in [-0.3, -0.25) is 4.68 Å². The molecule has 5 nitrogen and oxygen atoms in total. The molecular formula is C17H14F4N4O. The van der Waals surface area contributed by atoms with Crippen molar-refractivity contribution in [2.75, 3.05) is 0 Å². The standard InChI is InChI=1S/C17H14F4N4O/c18-12-4-2-1-3-11(12)16-22-15(24-26-16)7-8-25-13(10-5-6-10)9-14(23-25)17(19,20)21/h1-4,9-10H,5-8H2. The molecule has 136 valence electrons. The van der Waals surface area contributed by atoms with Crippen LogP contribution in [0, 0.1) is 5.82 Å². The van der Waals surface area contributed by atoms with Crippen LogP contribution in [-0.4, -0.2) is 19.9 Å². The minimum Gasteiger partial charge on any atom is -0.334 e. The zero-order valence-electron chi connectivity index (χ0n) is 13.5. The molecule has 3 aromatic rings. The molecular weight excluding hydrogens is 352 g/mol. The van der Waals surface area contributed by atoms with Crippen LogP contribution in [0.25, 0.3) is 11.5 Å². The van der Waals surface area contributed by atoms with E-state index in [1.165, 1.54) is 16.8 Å². The molecule has 1 saturated carbocycles. The third-order valence-electron chi connectivity index (χ3n) is 4.22. The monoisotopic (exact) mass is 366 g/mol. The maximum atomic E-state index is 13.8. The molecule has 2 heterocycles. The minimum absolute atomic E-state index is 0.0389. The van der Waals surface area contributed by atoms with Crippen LogP contribution in [0.4, 0.5) is 17.6 Å². The molecule has 9 heteroatoms. The summed E-state index contributed by atoms with van der Waals surface area (Å²) in [5.41, 5.74) is -0.127. The Kier molecular flexibility index (Phi) is 4.01. The van der Waals surface area contributed by atoms with E-state index in [-0.39, 0.29) is 36.2 Å². The smallest absolute Gasteiger partial charge is 0.334 e. The summed E-state index contributed by atoms with van der Waals surface area (Å²) in [6.45, 7) is 0.193. The molecule has 0 unspecified atom stereocenters. The average Bonchev–Trinajstić information content (AvgIpc) is 3.16. The highest BCUT2D eigenvalue weighted by molar-refractivity contribution is 5.53. The van der Waals surface area contributed by atoms with Gasteiger partial charge >= 0.3 is 6.18 Å². The van der Waals surface area contributed by atoms with E-state index >= 15 is 0 Å². The Hall–Kier alpha value is -2.71. The van der Waals surface area contributed by atoms with E-state index < -0.39 is 17.7 Å². The normalized spacial score (nSPS) is 14.8. The summed E-state index contributed by atoms with van der Waals surface area (Å²) in [5.74, 6) is -0.0375. The number of aryl methyl sites for hydroxylation is 2. The second-order valence-electron chi connectivity index (χ2n) is 6.20. The lowest BCUT2D eigenvalue weighted by atomic mass is 10.2. The van der Waals surface area contributed by atoms with Crippen LogP contribution in [0.15, 0.2) is 34.9 Å². The molecule has 0 aliphatic heterocycles. The van der Waals surface area contributed by atoms with Gasteiger partial charge in [-0.1, -0.05) is 17.3 Å². The van der Waals surface area contributed by atoms with Crippen LogP contribution in [0.5, 0.6) is 0 Å². The van der Waals surface area contributed by atoms with Crippen molar-refractivity contribution in [3.8, 4) is 11.5 Å². The number of alkyl halides is 3. The van der Waals surface area contributed by atoms with Crippen molar-refractivity contribution in [1.29, 1.82) is 0 Å². The van der Waals surface area contributed by atoms with Crippen LogP contribution in [0.2, 0.25) is 0 Å². The van der Waals surface area contributed by atoms with Crippen LogP contribution in [0.1, 0.15) is 36.0 Å². The van der Waals surface area contributed by atoms with Gasteiger partial charge in [-0.2, -0.15) is 23.3 Å². The van der Waals surface area contributed by atoms with Crippen molar-refractivity contribution < 1.29 is 22.1 Å². The van der Waals surface area contributed by atoms with Gasteiger partial charge in [-0.05, 0) is 31.0 Å². The molecule has 0 saturated heterocycles. The van der Waals surface area contributed by atoms with E-state index in [0.717, 1.165) is 18.9 Å². The van der Waals surface area contributed by atoms with Gasteiger partial charge in [0.2, 0.25) is 0 Å². The number of benzene rings is 1. The molecule has 0 spiro atoms. The summed E-state index contributed by atoms with van der Waals surface area (Å²) in [7, 11) is 0. The summed E-state index contributed by atoms with van der Waals surface area (Å²) >= 11 is 0. The predicted molar refractivity (Wildman–Crippen MR) is 82.6 cm³/mol. The summed E-state index contributed by atoms with van der Waals surface area (Å²) in [6, 6.07) is 7.10. The first kappa shape index (κ1) is 16.7. The second-order valence-corrected chi connectivity index (χ2v) is 6.20. The largest absolute Gasteiger partial charge is 0.435 e. The first-order valence-electron chi connectivity index (χ1n) is 8.14. The fraction of sp³-hybridized carbons (Fsp3) is 0.353. The van der Waals surface area contributed by atoms with Gasteiger partial charge in [0, 0.05) is 24.6 Å². The quantitative estimate of drug-likeness (QED) is 0.635. The fourth-order valence-electron chi connectivity index (χ4n) is 2.76. The Labute approximate surface area is 145 Å². The topological polar surface area (TPSA) is 56.7 Å². The number of nitrogens with zero attached hydrogens (tertiary/aromatic N) is 4. The molecule has 0 atom stereocenters. The van der Waals surface area contributed by atoms with Crippen molar-refractivity contribution in [3.05, 3.63) is 53.4 Å². The highest BCUT2D eigenvalue weighted by atomic mass is 19.4. The Morgan fingerprint density at radius 2 is 1.96 bits per heavy atom. The molecule has 26 heavy (non-hydrogen) atoms. The summed E-state index contributed by atoms with van der Waals surface area (Å²) in [5, 5.41) is 7.46. The van der Waals surface area contributed by atoms with E-state index in [9.17, 15) is 17.6 Å². The number of rotatable bonds is 5. The summed E-state index contributed by atoms with van der Waals surface area (Å²) < 4.78 is 58.9. The predicted octanol–water partition coefficient (Wildman–Crippen LogP) is 4.21. The van der Waals surface area contributed by atoms with Crippen molar-refractivity contribution in [3.63, 3.8) is 0 Å². The highest BCUT2D eigenvalue weighted by Crippen LogP contribution is 2.42. The lowest BCUT2D eigenvalue weighted by Crippen LogP contribution is -2.10. The van der Waals surface area contributed by atoms with Crippen molar-refractivity contribution >= 4 is 0 Å². The van der Waals surface area contributed by atoms with E-state index in [2.05, 4.69) is 15.2 Å². The minimum atomic E-state index is -4.47. The van der Waals surface area contributed by atoms with Gasteiger partial charge in [0.25, 0.3) is 5.89 Å². The summed E-state index contributed by atoms with van der Waals surface area (Å²) in [4.78, 5) is 4.12. The third kappa shape index (κ3) is 3.33. The van der Waals surface area contributed by atoms with E-state index in [0.29, 0.717) is 5.69 Å². The molecule has 1 aliphatic carbocycles. The van der Waals surface area contributed by atoms with Crippen LogP contribution < -0.4 is 0 Å². The Bertz CT molecular complexity index is 927. The second kappa shape index (κ2) is 6.22. The van der Waals surface area contributed by atoms with Crippen LogP contribution in [0.3, 0.4) is 0 Å². The lowest BCUT2D eigenvalue weighted by Gasteiger charge is -2.04. The molecule has 0 N–H and O–H groups in total. The van der Waals surface area contributed by atoms with Crippen molar-refractivity contribution in [2.24, 2.45) is 0 Å². The van der Waals surface area contributed by atoms with Crippen LogP contribution in [-0.2, 0) is 19.1 Å². The molecule has 0 amide bonds. The van der Waals surface area contributed by atoms with Gasteiger partial charge < -0.3 is 4.52 Å². The average molecular weight is 366 g/mol. The lowest BCUT2D eigenvalue weighted by molar-refractivity contribution is -0.141. The van der Waals surface area contributed by atoms with Crippen molar-refractivity contribution in [1.82, 2.24) is 19.9 Å². The Morgan fingerprint density at radius 3 is 2.65 bits per heavy atom. The SMILES string of the molecule is Fc1ccccc1-c1nc(CCn2nc(C(F)(F)F)cc2C2CC2)no1. The first-order chi connectivity index (χ1) is 12.4. The maximum Gasteiger partial charge on any atom is 0.435 e. The van der Waals surface area contributed by atoms with Crippen molar-refractivity contribution in [2.45, 2.75) is 37.9 Å². The van der Waals surface area contributed by atoms with E-state index in [1.54, 1.807) is 12.1 Å². The fourth-order valence-corrected chi connectivity index (χ4v) is 2.76. The van der Waals surface area contributed by atoms with Gasteiger partial charge in [0.15, 0.2) is 11.5 Å². The van der Waals surface area contributed by atoms with E-state index in [1.807, 2.05) is 0 Å². The Morgan fingerprint density at radius 1 is 1.19 bits per heavy atom. The molecule has 0 bridgehead atoms. The molecule has 0 radical (unpaired) electrons. The highest BCUT2D eigenvalue weighted by Gasteiger charge is 2.37. The number of hydrogen-bond acceptors (Lipinski definition) is 4. The number of hydrogen-bond donors (Lipinski definition) is 0. The van der Waals surface area contributed by atoms with Gasteiger partial charge in [0.1, 0.15) is 5.82 Å². The zero-order valence-corrected chi connectivity index (χ0v) is 13.5. The molecule has 4 rings (SSSR count). The molecule has 2 aromatic heterocycles. The number of halogens is 4. The molecule has 1 fully saturated rings. The zero-order chi connectivity index (χ0) is 18.3. The maximum absolute atomic E-state index is 13.8.